The predicted octanol–water partition coefficient (Wildman–Crippen LogP) is 6.48. The topological polar surface area (TPSA) is 104 Å². The second-order valence-electron chi connectivity index (χ2n) is 11.8. The molecule has 0 saturated carbocycles. The number of benzene rings is 4. The van der Waals surface area contributed by atoms with E-state index < -0.39 is 0 Å². The van der Waals surface area contributed by atoms with E-state index in [0.717, 1.165) is 47.2 Å². The van der Waals surface area contributed by atoms with Gasteiger partial charge in [0.2, 0.25) is 5.75 Å². The van der Waals surface area contributed by atoms with Crippen LogP contribution < -0.4 is 28.3 Å². The van der Waals surface area contributed by atoms with E-state index in [9.17, 15) is 5.11 Å². The minimum absolute atomic E-state index is 0. The van der Waals surface area contributed by atoms with Crippen LogP contribution in [0.25, 0.3) is 10.8 Å². The van der Waals surface area contributed by atoms with Gasteiger partial charge in [-0.25, -0.2) is 4.57 Å². The van der Waals surface area contributed by atoms with Crippen LogP contribution in [-0.2, 0) is 26.3 Å². The number of likely N-dealkylation sites (N-methyl/N-ethyl adjacent to an activating group) is 1. The molecular formula is C37H38N2O7. The van der Waals surface area contributed by atoms with Gasteiger partial charge in [-0.05, 0) is 84.6 Å². The van der Waals surface area contributed by atoms with Crippen molar-refractivity contribution < 1.29 is 38.8 Å². The SMILES string of the molecule is COc1ccc2cc1Oc1ccc(cc1)C[C@H]1c3cc(c(OC)cc3CCN1C)Oc1c(O)c(OC)cc3cc[n+](C)c(c13)C2.[OH-]. The van der Waals surface area contributed by atoms with Crippen molar-refractivity contribution in [2.75, 3.05) is 34.9 Å². The summed E-state index contributed by atoms with van der Waals surface area (Å²) in [5.41, 5.74) is 5.55. The first-order chi connectivity index (χ1) is 21.9. The van der Waals surface area contributed by atoms with Gasteiger partial charge >= 0.3 is 0 Å². The molecule has 3 aliphatic heterocycles. The molecule has 0 spiro atoms. The zero-order chi connectivity index (χ0) is 31.2. The molecule has 9 heteroatoms. The minimum atomic E-state index is -0.0708. The van der Waals surface area contributed by atoms with E-state index in [1.54, 1.807) is 21.3 Å². The van der Waals surface area contributed by atoms with Gasteiger partial charge in [0, 0.05) is 24.0 Å². The van der Waals surface area contributed by atoms with Gasteiger partial charge in [0.05, 0.1) is 33.1 Å². The summed E-state index contributed by atoms with van der Waals surface area (Å²) in [7, 11) is 9.00. The Labute approximate surface area is 268 Å². The summed E-state index contributed by atoms with van der Waals surface area (Å²) in [6, 6.07) is 22.4. The molecule has 0 radical (unpaired) electrons. The minimum Gasteiger partial charge on any atom is -0.870 e. The number of methoxy groups -OCH3 is 3. The van der Waals surface area contributed by atoms with Crippen molar-refractivity contribution in [3.05, 3.63) is 101 Å². The average Bonchev–Trinajstić information content (AvgIpc) is 3.05. The van der Waals surface area contributed by atoms with E-state index in [2.05, 4.69) is 40.8 Å². The summed E-state index contributed by atoms with van der Waals surface area (Å²) in [5, 5.41) is 13.3. The normalized spacial score (nSPS) is 15.5. The van der Waals surface area contributed by atoms with Crippen molar-refractivity contribution >= 4 is 10.8 Å². The first-order valence-corrected chi connectivity index (χ1v) is 15.1. The monoisotopic (exact) mass is 622 g/mol. The predicted molar refractivity (Wildman–Crippen MR) is 173 cm³/mol. The van der Waals surface area contributed by atoms with Crippen molar-refractivity contribution in [2.24, 2.45) is 7.05 Å². The maximum Gasteiger partial charge on any atom is 0.202 e. The molecule has 0 fully saturated rings. The molecule has 9 nitrogen and oxygen atoms in total. The molecule has 238 valence electrons. The maximum absolute atomic E-state index is 11.6. The van der Waals surface area contributed by atoms with Crippen LogP contribution in [0.4, 0.5) is 0 Å². The van der Waals surface area contributed by atoms with Crippen LogP contribution in [0.1, 0.15) is 34.0 Å². The number of hydrogen-bond acceptors (Lipinski definition) is 8. The summed E-state index contributed by atoms with van der Waals surface area (Å²) in [5.74, 6) is 3.74. The molecule has 0 aliphatic carbocycles. The number of hydrogen-bond donors (Lipinski definition) is 1. The third-order valence-corrected chi connectivity index (χ3v) is 9.10. The first-order valence-electron chi connectivity index (χ1n) is 15.1. The Kier molecular flexibility index (Phi) is 8.37. The number of rotatable bonds is 3. The van der Waals surface area contributed by atoms with Gasteiger partial charge in [0.15, 0.2) is 46.4 Å². The number of ether oxygens (including phenoxy) is 5. The van der Waals surface area contributed by atoms with E-state index >= 15 is 0 Å². The summed E-state index contributed by atoms with van der Waals surface area (Å²) in [4.78, 5) is 2.38. The quantitative estimate of drug-likeness (QED) is 0.228. The number of aromatic hydroxyl groups is 1. The molecule has 3 aliphatic rings. The summed E-state index contributed by atoms with van der Waals surface area (Å²) >= 11 is 0. The first kappa shape index (κ1) is 31.0. The lowest BCUT2D eigenvalue weighted by Crippen LogP contribution is -2.33. The Morgan fingerprint density at radius 1 is 0.826 bits per heavy atom. The van der Waals surface area contributed by atoms with Crippen molar-refractivity contribution in [1.82, 2.24) is 4.90 Å². The number of aryl methyl sites for hydroxylation is 1. The van der Waals surface area contributed by atoms with Crippen LogP contribution in [0, 0.1) is 0 Å². The Balaban J connectivity index is 0.00000372. The van der Waals surface area contributed by atoms with Gasteiger partial charge in [0.25, 0.3) is 0 Å². The zero-order valence-corrected chi connectivity index (χ0v) is 26.7. The Hall–Kier alpha value is -4.99. The van der Waals surface area contributed by atoms with Gasteiger partial charge in [-0.15, -0.1) is 0 Å². The second-order valence-corrected chi connectivity index (χ2v) is 11.8. The van der Waals surface area contributed by atoms with E-state index in [-0.39, 0.29) is 17.3 Å². The number of phenols is 1. The molecule has 6 bridgehead atoms. The summed E-state index contributed by atoms with van der Waals surface area (Å²) in [6.45, 7) is 0.930. The van der Waals surface area contributed by atoms with E-state index in [4.69, 9.17) is 23.7 Å². The van der Waals surface area contributed by atoms with Gasteiger partial charge in [-0.3, -0.25) is 4.90 Å². The van der Waals surface area contributed by atoms with Crippen molar-refractivity contribution in [3.8, 4) is 46.0 Å². The highest BCUT2D eigenvalue weighted by atomic mass is 16.5. The number of pyridine rings is 1. The lowest BCUT2D eigenvalue weighted by Gasteiger charge is -2.35. The molecule has 0 unspecified atom stereocenters. The van der Waals surface area contributed by atoms with Crippen molar-refractivity contribution in [2.45, 2.75) is 25.3 Å². The smallest absolute Gasteiger partial charge is 0.202 e. The molecule has 1 atom stereocenters. The van der Waals surface area contributed by atoms with Gasteiger partial charge in [-0.1, -0.05) is 18.2 Å². The highest BCUT2D eigenvalue weighted by Gasteiger charge is 2.30. The Bertz CT molecular complexity index is 1920. The number of fused-ring (bicyclic) bond motifs is 2. The molecule has 0 amide bonds. The van der Waals surface area contributed by atoms with Crippen molar-refractivity contribution in [3.63, 3.8) is 0 Å². The Morgan fingerprint density at radius 3 is 2.28 bits per heavy atom. The van der Waals surface area contributed by atoms with Crippen LogP contribution in [-0.4, -0.2) is 50.4 Å². The highest BCUT2D eigenvalue weighted by Crippen LogP contribution is 2.49. The zero-order valence-electron chi connectivity index (χ0n) is 26.7. The van der Waals surface area contributed by atoms with Gasteiger partial charge in [-0.2, -0.15) is 0 Å². The summed E-state index contributed by atoms with van der Waals surface area (Å²) in [6.07, 6.45) is 4.25. The molecule has 2 N–H and O–H groups in total. The van der Waals surface area contributed by atoms with E-state index in [1.165, 1.54) is 16.7 Å². The van der Waals surface area contributed by atoms with E-state index in [0.29, 0.717) is 40.9 Å². The molecule has 4 aromatic carbocycles. The van der Waals surface area contributed by atoms with Crippen LogP contribution in [0.5, 0.6) is 46.0 Å². The van der Waals surface area contributed by atoms with Gasteiger partial charge < -0.3 is 34.3 Å². The van der Waals surface area contributed by atoms with E-state index in [1.807, 2.05) is 55.7 Å². The molecule has 4 heterocycles. The third kappa shape index (κ3) is 5.42. The fourth-order valence-corrected chi connectivity index (χ4v) is 6.60. The number of phenolic OH excluding ortho intramolecular Hbond substituents is 1. The van der Waals surface area contributed by atoms with Crippen molar-refractivity contribution in [1.29, 1.82) is 0 Å². The molecular weight excluding hydrogens is 584 g/mol. The van der Waals surface area contributed by atoms with Crippen LogP contribution in [0.15, 0.2) is 72.9 Å². The fourth-order valence-electron chi connectivity index (χ4n) is 6.60. The second kappa shape index (κ2) is 12.4. The molecule has 0 saturated heterocycles. The average molecular weight is 623 g/mol. The Morgan fingerprint density at radius 2 is 1.54 bits per heavy atom. The largest absolute Gasteiger partial charge is 0.870 e. The molecule has 5 aromatic rings. The number of aromatic nitrogens is 1. The standard InChI is InChI=1S/C37H36N2O6.H2O/c1-38-14-12-24-19-31(42-4)33-21-27(24)28(38)16-22-6-9-26(10-7-22)44-32-18-23(8-11-30(32)41-3)17-29-35-25(13-15-39(29)2)20-34(43-5)36(40)37(35)45-33;/h6-11,13,15,18-21,28H,12,14,16-17H2,1-5H3;1H2/t28-;/m0./s1. The fraction of sp³-hybridized carbons (Fsp3) is 0.270. The van der Waals surface area contributed by atoms with Crippen LogP contribution >= 0.6 is 0 Å². The van der Waals surface area contributed by atoms with Gasteiger partial charge in [0.1, 0.15) is 12.8 Å². The maximum atomic E-state index is 11.6. The third-order valence-electron chi connectivity index (χ3n) is 9.10. The molecule has 46 heavy (non-hydrogen) atoms. The highest BCUT2D eigenvalue weighted by molar-refractivity contribution is 5.94. The molecule has 8 rings (SSSR count). The lowest BCUT2D eigenvalue weighted by molar-refractivity contribution is -0.677. The molecule has 1 aromatic heterocycles. The van der Waals surface area contributed by atoms with Crippen LogP contribution in [0.2, 0.25) is 0 Å². The summed E-state index contributed by atoms with van der Waals surface area (Å²) < 4.78 is 32.4. The van der Waals surface area contributed by atoms with Crippen LogP contribution in [0.3, 0.4) is 0 Å². The lowest BCUT2D eigenvalue weighted by atomic mass is 9.88. The number of nitrogens with zero attached hydrogens (tertiary/aromatic N) is 2.